The number of nitrogens with zero attached hydrogens (tertiary/aromatic N) is 1. The molecular formula is C14H25NOS. The van der Waals surface area contributed by atoms with Crippen molar-refractivity contribution in [3.05, 3.63) is 0 Å². The SMILES string of the molecule is CCCC1CCC(C#N)(C(O)CCSC)CC1. The van der Waals surface area contributed by atoms with Gasteiger partial charge in [-0.3, -0.25) is 0 Å². The number of hydrogen-bond acceptors (Lipinski definition) is 3. The highest BCUT2D eigenvalue weighted by molar-refractivity contribution is 7.98. The Balaban J connectivity index is 2.52. The summed E-state index contributed by atoms with van der Waals surface area (Å²) in [5, 5.41) is 19.6. The highest BCUT2D eigenvalue weighted by Gasteiger charge is 2.40. The average Bonchev–Trinajstić information content (AvgIpc) is 2.37. The first-order chi connectivity index (χ1) is 8.18. The lowest BCUT2D eigenvalue weighted by molar-refractivity contribution is 0.0235. The molecule has 0 saturated heterocycles. The van der Waals surface area contributed by atoms with Crippen LogP contribution >= 0.6 is 11.8 Å². The maximum absolute atomic E-state index is 10.2. The average molecular weight is 255 g/mol. The molecule has 1 atom stereocenters. The monoisotopic (exact) mass is 255 g/mol. The van der Waals surface area contributed by atoms with E-state index in [-0.39, 0.29) is 0 Å². The zero-order chi connectivity index (χ0) is 12.7. The van der Waals surface area contributed by atoms with Crippen molar-refractivity contribution in [2.24, 2.45) is 11.3 Å². The van der Waals surface area contributed by atoms with Gasteiger partial charge in [-0.25, -0.2) is 0 Å². The molecule has 1 saturated carbocycles. The van der Waals surface area contributed by atoms with Crippen LogP contribution < -0.4 is 0 Å². The lowest BCUT2D eigenvalue weighted by atomic mass is 9.67. The fourth-order valence-electron chi connectivity index (χ4n) is 2.91. The summed E-state index contributed by atoms with van der Waals surface area (Å²) in [5.41, 5.74) is -0.444. The highest BCUT2D eigenvalue weighted by Crippen LogP contribution is 2.43. The van der Waals surface area contributed by atoms with Crippen LogP contribution in [0.1, 0.15) is 51.9 Å². The maximum atomic E-state index is 10.2. The van der Waals surface area contributed by atoms with E-state index in [9.17, 15) is 10.4 Å². The van der Waals surface area contributed by atoms with Gasteiger partial charge in [0.2, 0.25) is 0 Å². The van der Waals surface area contributed by atoms with E-state index in [4.69, 9.17) is 0 Å². The molecule has 0 heterocycles. The molecule has 1 N–H and O–H groups in total. The van der Waals surface area contributed by atoms with Crippen LogP contribution in [0.3, 0.4) is 0 Å². The molecule has 98 valence electrons. The Kier molecular flexibility index (Phi) is 6.37. The minimum absolute atomic E-state index is 0.428. The van der Waals surface area contributed by atoms with Gasteiger partial charge in [-0.2, -0.15) is 17.0 Å². The van der Waals surface area contributed by atoms with E-state index in [2.05, 4.69) is 13.0 Å². The fraction of sp³-hybridized carbons (Fsp3) is 0.929. The maximum Gasteiger partial charge on any atom is 0.0832 e. The van der Waals surface area contributed by atoms with Crippen LogP contribution in [0.25, 0.3) is 0 Å². The Labute approximate surface area is 110 Å². The molecule has 1 fully saturated rings. The molecule has 3 heteroatoms. The van der Waals surface area contributed by atoms with Gasteiger partial charge in [0, 0.05) is 0 Å². The minimum Gasteiger partial charge on any atom is -0.391 e. The van der Waals surface area contributed by atoms with Gasteiger partial charge in [0.05, 0.1) is 17.6 Å². The van der Waals surface area contributed by atoms with Crippen molar-refractivity contribution in [2.45, 2.75) is 58.0 Å². The topological polar surface area (TPSA) is 44.0 Å². The van der Waals surface area contributed by atoms with Crippen molar-refractivity contribution in [3.8, 4) is 6.07 Å². The summed E-state index contributed by atoms with van der Waals surface area (Å²) in [6, 6.07) is 2.43. The molecule has 1 unspecified atom stereocenters. The smallest absolute Gasteiger partial charge is 0.0832 e. The molecule has 1 aliphatic rings. The Morgan fingerprint density at radius 3 is 2.59 bits per heavy atom. The number of rotatable bonds is 6. The van der Waals surface area contributed by atoms with E-state index in [1.54, 1.807) is 11.8 Å². The van der Waals surface area contributed by atoms with Crippen LogP contribution in [-0.4, -0.2) is 23.2 Å². The Bertz CT molecular complexity index is 253. The molecule has 0 radical (unpaired) electrons. The number of aliphatic hydroxyl groups is 1. The van der Waals surface area contributed by atoms with Crippen molar-refractivity contribution in [1.29, 1.82) is 5.26 Å². The molecule has 0 aromatic carbocycles. The second-order valence-electron chi connectivity index (χ2n) is 5.30. The Morgan fingerprint density at radius 2 is 2.12 bits per heavy atom. The number of nitriles is 1. The quantitative estimate of drug-likeness (QED) is 0.788. The third-order valence-electron chi connectivity index (χ3n) is 4.15. The van der Waals surface area contributed by atoms with Crippen LogP contribution in [-0.2, 0) is 0 Å². The molecule has 0 aliphatic heterocycles. The van der Waals surface area contributed by atoms with Gasteiger partial charge in [0.25, 0.3) is 0 Å². The van der Waals surface area contributed by atoms with Crippen molar-refractivity contribution in [1.82, 2.24) is 0 Å². The second-order valence-corrected chi connectivity index (χ2v) is 6.28. The summed E-state index contributed by atoms with van der Waals surface area (Å²) in [6.07, 6.45) is 8.92. The molecular weight excluding hydrogens is 230 g/mol. The number of hydrogen-bond donors (Lipinski definition) is 1. The fourth-order valence-corrected chi connectivity index (χ4v) is 3.37. The second kappa shape index (κ2) is 7.28. The molecule has 0 spiro atoms. The van der Waals surface area contributed by atoms with E-state index in [0.29, 0.717) is 0 Å². The summed E-state index contributed by atoms with van der Waals surface area (Å²) in [5.74, 6) is 1.73. The normalized spacial score (nSPS) is 30.8. The van der Waals surface area contributed by atoms with Crippen LogP contribution in [0.4, 0.5) is 0 Å². The van der Waals surface area contributed by atoms with E-state index < -0.39 is 11.5 Å². The van der Waals surface area contributed by atoms with Gasteiger partial charge >= 0.3 is 0 Å². The zero-order valence-electron chi connectivity index (χ0n) is 11.1. The summed E-state index contributed by atoms with van der Waals surface area (Å²) < 4.78 is 0. The highest BCUT2D eigenvalue weighted by atomic mass is 32.2. The minimum atomic E-state index is -0.444. The number of thioether (sulfide) groups is 1. The molecule has 1 aliphatic carbocycles. The third-order valence-corrected chi connectivity index (χ3v) is 4.79. The molecule has 0 aromatic rings. The standard InChI is InChI=1S/C14H25NOS/c1-3-4-12-5-8-14(11-15,9-6-12)13(16)7-10-17-2/h12-13,16H,3-10H2,1-2H3. The lowest BCUT2D eigenvalue weighted by Crippen LogP contribution is -2.38. The van der Waals surface area contributed by atoms with Crippen molar-refractivity contribution in [3.63, 3.8) is 0 Å². The van der Waals surface area contributed by atoms with Crippen LogP contribution in [0.2, 0.25) is 0 Å². The van der Waals surface area contributed by atoms with Gasteiger partial charge in [-0.05, 0) is 50.0 Å². The molecule has 0 bridgehead atoms. The van der Waals surface area contributed by atoms with Crippen molar-refractivity contribution >= 4 is 11.8 Å². The van der Waals surface area contributed by atoms with Gasteiger partial charge in [-0.1, -0.05) is 19.8 Å². The molecule has 17 heavy (non-hydrogen) atoms. The summed E-state index contributed by atoms with van der Waals surface area (Å²) in [7, 11) is 0. The van der Waals surface area contributed by atoms with Gasteiger partial charge in [0.15, 0.2) is 0 Å². The lowest BCUT2D eigenvalue weighted by Gasteiger charge is -2.38. The number of aliphatic hydroxyl groups excluding tert-OH is 1. The van der Waals surface area contributed by atoms with Gasteiger partial charge < -0.3 is 5.11 Å². The van der Waals surface area contributed by atoms with Crippen molar-refractivity contribution < 1.29 is 5.11 Å². The first-order valence-corrected chi connectivity index (χ1v) is 8.16. The largest absolute Gasteiger partial charge is 0.391 e. The zero-order valence-corrected chi connectivity index (χ0v) is 11.9. The summed E-state index contributed by atoms with van der Waals surface area (Å²) >= 11 is 1.74. The molecule has 2 nitrogen and oxygen atoms in total. The van der Waals surface area contributed by atoms with Crippen molar-refractivity contribution in [2.75, 3.05) is 12.0 Å². The summed E-state index contributed by atoms with van der Waals surface area (Å²) in [4.78, 5) is 0. The van der Waals surface area contributed by atoms with Crippen LogP contribution in [0, 0.1) is 22.7 Å². The molecule has 1 rings (SSSR count). The third kappa shape index (κ3) is 3.89. The predicted octanol–water partition coefficient (Wildman–Crippen LogP) is 3.60. The Hall–Kier alpha value is -0.200. The summed E-state index contributed by atoms with van der Waals surface area (Å²) in [6.45, 7) is 2.22. The van der Waals surface area contributed by atoms with E-state index >= 15 is 0 Å². The van der Waals surface area contributed by atoms with Gasteiger partial charge in [-0.15, -0.1) is 0 Å². The van der Waals surface area contributed by atoms with E-state index in [1.165, 1.54) is 12.8 Å². The van der Waals surface area contributed by atoms with Crippen LogP contribution in [0.5, 0.6) is 0 Å². The Morgan fingerprint density at radius 1 is 1.47 bits per heavy atom. The van der Waals surface area contributed by atoms with Crippen LogP contribution in [0.15, 0.2) is 0 Å². The first kappa shape index (κ1) is 14.9. The predicted molar refractivity (Wildman–Crippen MR) is 73.9 cm³/mol. The first-order valence-electron chi connectivity index (χ1n) is 6.76. The van der Waals surface area contributed by atoms with E-state index in [0.717, 1.165) is 43.8 Å². The molecule has 0 amide bonds. The van der Waals surface area contributed by atoms with E-state index in [1.807, 2.05) is 6.26 Å². The van der Waals surface area contributed by atoms with Gasteiger partial charge in [0.1, 0.15) is 0 Å². The molecule has 0 aromatic heterocycles.